The van der Waals surface area contributed by atoms with Crippen molar-refractivity contribution in [3.05, 3.63) is 48.7 Å². The van der Waals surface area contributed by atoms with Crippen LogP contribution in [0.25, 0.3) is 10.9 Å². The van der Waals surface area contributed by atoms with Gasteiger partial charge in [0, 0.05) is 41.7 Å². The van der Waals surface area contributed by atoms with Crippen molar-refractivity contribution in [3.63, 3.8) is 0 Å². The van der Waals surface area contributed by atoms with Crippen molar-refractivity contribution >= 4 is 22.7 Å². The van der Waals surface area contributed by atoms with E-state index in [2.05, 4.69) is 47.3 Å². The van der Waals surface area contributed by atoms with Crippen molar-refractivity contribution in [2.45, 2.75) is 6.54 Å². The lowest BCUT2D eigenvalue weighted by atomic mass is 10.2. The van der Waals surface area contributed by atoms with Gasteiger partial charge in [-0.1, -0.05) is 24.3 Å². The molecule has 0 radical (unpaired) electrons. The maximum Gasteiger partial charge on any atom is 0.0457 e. The summed E-state index contributed by atoms with van der Waals surface area (Å²) >= 11 is 1.91. The van der Waals surface area contributed by atoms with Gasteiger partial charge in [-0.3, -0.25) is 0 Å². The van der Waals surface area contributed by atoms with Gasteiger partial charge in [0.25, 0.3) is 0 Å². The molecule has 0 bridgehead atoms. The number of fused-ring (bicyclic) bond motifs is 1. The fraction of sp³-hybridized carbons (Fsp3) is 0.286. The monoisotopic (exact) mass is 246 g/mol. The van der Waals surface area contributed by atoms with Crippen LogP contribution in [0.5, 0.6) is 0 Å². The number of rotatable bonds is 7. The summed E-state index contributed by atoms with van der Waals surface area (Å²) in [7, 11) is 0. The lowest BCUT2D eigenvalue weighted by molar-refractivity contribution is 0.736. The van der Waals surface area contributed by atoms with Crippen LogP contribution in [-0.2, 0) is 6.54 Å². The summed E-state index contributed by atoms with van der Waals surface area (Å²) in [5.41, 5.74) is 2.56. The third-order valence-electron chi connectivity index (χ3n) is 2.65. The number of hydrogen-bond acceptors (Lipinski definition) is 2. The minimum atomic E-state index is 0.929. The van der Waals surface area contributed by atoms with Gasteiger partial charge < -0.3 is 10.3 Å². The predicted molar refractivity (Wildman–Crippen MR) is 77.5 cm³/mol. The van der Waals surface area contributed by atoms with E-state index >= 15 is 0 Å². The topological polar surface area (TPSA) is 27.8 Å². The van der Waals surface area contributed by atoms with Crippen LogP contribution in [0.2, 0.25) is 0 Å². The van der Waals surface area contributed by atoms with E-state index in [9.17, 15) is 0 Å². The molecule has 1 heterocycles. The summed E-state index contributed by atoms with van der Waals surface area (Å²) in [5.74, 6) is 2.17. The highest BCUT2D eigenvalue weighted by Gasteiger charge is 2.01. The number of thioether (sulfide) groups is 1. The summed E-state index contributed by atoms with van der Waals surface area (Å²) in [5, 5.41) is 4.78. The quantitative estimate of drug-likeness (QED) is 0.580. The van der Waals surface area contributed by atoms with Crippen LogP contribution in [0.3, 0.4) is 0 Å². The number of nitrogens with one attached hydrogen (secondary N) is 2. The first-order valence-corrected chi connectivity index (χ1v) is 7.01. The molecule has 0 spiro atoms. The second kappa shape index (κ2) is 6.52. The van der Waals surface area contributed by atoms with Crippen molar-refractivity contribution < 1.29 is 0 Å². The number of H-pyrrole nitrogens is 1. The van der Waals surface area contributed by atoms with Crippen LogP contribution >= 0.6 is 11.8 Å². The van der Waals surface area contributed by atoms with Crippen molar-refractivity contribution in [3.8, 4) is 0 Å². The molecule has 0 saturated heterocycles. The summed E-state index contributed by atoms with van der Waals surface area (Å²) in [6.07, 6.45) is 4.04. The van der Waals surface area contributed by atoms with E-state index in [1.165, 1.54) is 16.5 Å². The number of aromatic nitrogens is 1. The summed E-state index contributed by atoms with van der Waals surface area (Å²) in [4.78, 5) is 3.29. The molecule has 0 amide bonds. The zero-order valence-electron chi connectivity index (χ0n) is 9.91. The SMILES string of the molecule is C=CCSCCNCc1c[nH]c2ccccc12. The summed E-state index contributed by atoms with van der Waals surface area (Å²) in [6.45, 7) is 5.68. The van der Waals surface area contributed by atoms with E-state index in [-0.39, 0.29) is 0 Å². The Bertz CT molecular complexity index is 476. The molecule has 0 atom stereocenters. The third-order valence-corrected chi connectivity index (χ3v) is 3.61. The first kappa shape index (κ1) is 12.3. The van der Waals surface area contributed by atoms with Crippen molar-refractivity contribution in [2.24, 2.45) is 0 Å². The van der Waals surface area contributed by atoms with Crippen molar-refractivity contribution in [1.29, 1.82) is 0 Å². The van der Waals surface area contributed by atoms with Gasteiger partial charge in [-0.25, -0.2) is 0 Å². The minimum Gasteiger partial charge on any atom is -0.361 e. The molecule has 90 valence electrons. The first-order chi connectivity index (χ1) is 8.42. The molecule has 17 heavy (non-hydrogen) atoms. The molecule has 2 rings (SSSR count). The molecule has 0 aliphatic carbocycles. The Hall–Kier alpha value is -1.19. The fourth-order valence-corrected chi connectivity index (χ4v) is 2.43. The number of hydrogen-bond donors (Lipinski definition) is 2. The molecule has 0 aliphatic rings. The van der Waals surface area contributed by atoms with E-state index in [1.807, 2.05) is 17.8 Å². The molecular weight excluding hydrogens is 228 g/mol. The predicted octanol–water partition coefficient (Wildman–Crippen LogP) is 3.18. The molecule has 2 N–H and O–H groups in total. The van der Waals surface area contributed by atoms with Gasteiger partial charge in [0.2, 0.25) is 0 Å². The molecule has 0 aliphatic heterocycles. The van der Waals surface area contributed by atoms with E-state index in [0.717, 1.165) is 24.6 Å². The maximum atomic E-state index is 3.71. The Balaban J connectivity index is 1.81. The van der Waals surface area contributed by atoms with Crippen LogP contribution in [-0.4, -0.2) is 23.0 Å². The van der Waals surface area contributed by atoms with Crippen molar-refractivity contribution in [2.75, 3.05) is 18.1 Å². The highest BCUT2D eigenvalue weighted by atomic mass is 32.2. The van der Waals surface area contributed by atoms with E-state index in [4.69, 9.17) is 0 Å². The lowest BCUT2D eigenvalue weighted by Crippen LogP contribution is -2.16. The molecule has 0 unspecified atom stereocenters. The fourth-order valence-electron chi connectivity index (χ4n) is 1.81. The van der Waals surface area contributed by atoms with Gasteiger partial charge in [-0.2, -0.15) is 11.8 Å². The molecule has 2 aromatic rings. The van der Waals surface area contributed by atoms with Crippen LogP contribution < -0.4 is 5.32 Å². The average molecular weight is 246 g/mol. The molecule has 2 nitrogen and oxygen atoms in total. The Morgan fingerprint density at radius 2 is 2.24 bits per heavy atom. The summed E-state index contributed by atoms with van der Waals surface area (Å²) < 4.78 is 0. The van der Waals surface area contributed by atoms with E-state index < -0.39 is 0 Å². The number of benzene rings is 1. The van der Waals surface area contributed by atoms with Gasteiger partial charge >= 0.3 is 0 Å². The normalized spacial score (nSPS) is 10.8. The Labute approximate surface area is 106 Å². The largest absolute Gasteiger partial charge is 0.361 e. The van der Waals surface area contributed by atoms with Crippen LogP contribution in [0, 0.1) is 0 Å². The first-order valence-electron chi connectivity index (χ1n) is 5.86. The molecule has 0 saturated carbocycles. The Morgan fingerprint density at radius 1 is 1.35 bits per heavy atom. The second-order valence-electron chi connectivity index (χ2n) is 3.90. The van der Waals surface area contributed by atoms with Gasteiger partial charge in [0.15, 0.2) is 0 Å². The third kappa shape index (κ3) is 3.38. The van der Waals surface area contributed by atoms with E-state index in [1.54, 1.807) is 0 Å². The zero-order valence-corrected chi connectivity index (χ0v) is 10.7. The molecule has 0 fully saturated rings. The number of aromatic amines is 1. The molecular formula is C14H18N2S. The smallest absolute Gasteiger partial charge is 0.0457 e. The Kier molecular flexibility index (Phi) is 4.71. The van der Waals surface area contributed by atoms with Gasteiger partial charge in [0.1, 0.15) is 0 Å². The van der Waals surface area contributed by atoms with Crippen LogP contribution in [0.1, 0.15) is 5.56 Å². The van der Waals surface area contributed by atoms with Crippen LogP contribution in [0.15, 0.2) is 43.1 Å². The standard InChI is InChI=1S/C14H18N2S/c1-2-8-17-9-7-15-10-12-11-16-14-6-4-3-5-13(12)14/h2-6,11,15-16H,1,7-10H2. The van der Waals surface area contributed by atoms with Crippen LogP contribution in [0.4, 0.5) is 0 Å². The highest BCUT2D eigenvalue weighted by molar-refractivity contribution is 7.99. The second-order valence-corrected chi connectivity index (χ2v) is 5.05. The van der Waals surface area contributed by atoms with Crippen molar-refractivity contribution in [1.82, 2.24) is 10.3 Å². The van der Waals surface area contributed by atoms with Gasteiger partial charge in [-0.15, -0.1) is 6.58 Å². The van der Waals surface area contributed by atoms with Gasteiger partial charge in [-0.05, 0) is 11.6 Å². The highest BCUT2D eigenvalue weighted by Crippen LogP contribution is 2.17. The maximum absolute atomic E-state index is 3.71. The molecule has 3 heteroatoms. The lowest BCUT2D eigenvalue weighted by Gasteiger charge is -2.03. The Morgan fingerprint density at radius 3 is 3.12 bits per heavy atom. The van der Waals surface area contributed by atoms with E-state index in [0.29, 0.717) is 0 Å². The zero-order chi connectivity index (χ0) is 11.9. The minimum absolute atomic E-state index is 0.929. The van der Waals surface area contributed by atoms with Gasteiger partial charge in [0.05, 0.1) is 0 Å². The molecule has 1 aromatic heterocycles. The summed E-state index contributed by atoms with van der Waals surface area (Å²) in [6, 6.07) is 8.41. The number of para-hydroxylation sites is 1. The molecule has 1 aromatic carbocycles. The average Bonchev–Trinajstić information content (AvgIpc) is 2.77.